The minimum atomic E-state index is 0.576. The molecule has 0 bridgehead atoms. The molecule has 0 amide bonds. The van der Waals surface area contributed by atoms with Gasteiger partial charge in [-0.3, -0.25) is 4.90 Å². The molecule has 1 saturated heterocycles. The number of hydrogen-bond donors (Lipinski definition) is 0. The van der Waals surface area contributed by atoms with Crippen molar-refractivity contribution >= 4 is 11.3 Å². The van der Waals surface area contributed by atoms with Gasteiger partial charge in [-0.05, 0) is 37.8 Å². The van der Waals surface area contributed by atoms with E-state index in [1.54, 1.807) is 0 Å². The molecule has 1 aliphatic heterocycles. The third-order valence-electron chi connectivity index (χ3n) is 3.28. The maximum absolute atomic E-state index is 5.13. The van der Waals surface area contributed by atoms with Crippen LogP contribution in [0.25, 0.3) is 0 Å². The first kappa shape index (κ1) is 11.0. The van der Waals surface area contributed by atoms with Gasteiger partial charge in [0.05, 0.1) is 5.69 Å². The zero-order chi connectivity index (χ0) is 11.7. The molecule has 4 heteroatoms. The Morgan fingerprint density at radius 1 is 1.59 bits per heavy atom. The molecule has 3 nitrogen and oxygen atoms in total. The number of rotatable bonds is 3. The Labute approximate surface area is 105 Å². The van der Waals surface area contributed by atoms with Crippen LogP contribution < -0.4 is 0 Å². The predicted molar refractivity (Wildman–Crippen MR) is 67.9 cm³/mol. The van der Waals surface area contributed by atoms with Crippen LogP contribution in [0.5, 0.6) is 0 Å². The fourth-order valence-corrected chi connectivity index (χ4v) is 3.41. The van der Waals surface area contributed by atoms with Crippen LogP contribution in [-0.2, 0) is 6.54 Å². The Balaban J connectivity index is 1.74. The quantitative estimate of drug-likeness (QED) is 0.834. The van der Waals surface area contributed by atoms with Gasteiger partial charge in [0.25, 0.3) is 0 Å². The zero-order valence-electron chi connectivity index (χ0n) is 9.93. The molecule has 0 spiro atoms. The first-order valence-corrected chi connectivity index (χ1v) is 6.90. The Kier molecular flexibility index (Phi) is 2.99. The van der Waals surface area contributed by atoms with Gasteiger partial charge in [0.15, 0.2) is 0 Å². The summed E-state index contributed by atoms with van der Waals surface area (Å²) in [6.45, 7) is 4.01. The van der Waals surface area contributed by atoms with Crippen molar-refractivity contribution in [1.29, 1.82) is 0 Å². The highest BCUT2D eigenvalue weighted by Gasteiger charge is 2.27. The average Bonchev–Trinajstić information content (AvgIpc) is 3.00. The van der Waals surface area contributed by atoms with Crippen LogP contribution in [0.3, 0.4) is 0 Å². The minimum Gasteiger partial charge on any atom is -0.361 e. The first-order valence-electron chi connectivity index (χ1n) is 6.02. The smallest absolute Gasteiger partial charge is 0.133 e. The fourth-order valence-electron chi connectivity index (χ4n) is 2.52. The number of hydrogen-bond acceptors (Lipinski definition) is 4. The molecule has 17 heavy (non-hydrogen) atoms. The monoisotopic (exact) mass is 248 g/mol. The maximum atomic E-state index is 5.13. The molecule has 90 valence electrons. The van der Waals surface area contributed by atoms with Crippen LogP contribution >= 0.6 is 11.3 Å². The third kappa shape index (κ3) is 2.28. The standard InChI is InChI=1S/C13H16N2OS/c1-10-8-11(14-16-10)9-15-6-2-4-12(15)13-5-3-7-17-13/h3,5,7-8,12H,2,4,6,9H2,1H3/t12-/m0/s1. The Bertz CT molecular complexity index is 477. The van der Waals surface area contributed by atoms with Gasteiger partial charge in [-0.1, -0.05) is 11.2 Å². The van der Waals surface area contributed by atoms with Gasteiger partial charge in [-0.15, -0.1) is 11.3 Å². The number of aryl methyl sites for hydroxylation is 1. The molecule has 2 aromatic heterocycles. The second-order valence-electron chi connectivity index (χ2n) is 4.57. The lowest BCUT2D eigenvalue weighted by atomic mass is 10.2. The van der Waals surface area contributed by atoms with Crippen LogP contribution in [0.2, 0.25) is 0 Å². The summed E-state index contributed by atoms with van der Waals surface area (Å²) in [6.07, 6.45) is 2.54. The summed E-state index contributed by atoms with van der Waals surface area (Å²) in [6, 6.07) is 6.98. The molecule has 3 heterocycles. The van der Waals surface area contributed by atoms with E-state index in [2.05, 4.69) is 27.6 Å². The second kappa shape index (κ2) is 4.63. The summed E-state index contributed by atoms with van der Waals surface area (Å²) in [5.74, 6) is 0.895. The fraction of sp³-hybridized carbons (Fsp3) is 0.462. The summed E-state index contributed by atoms with van der Waals surface area (Å²) < 4.78 is 5.13. The van der Waals surface area contributed by atoms with Crippen LogP contribution in [0.4, 0.5) is 0 Å². The number of thiophene rings is 1. The Morgan fingerprint density at radius 2 is 2.53 bits per heavy atom. The first-order chi connectivity index (χ1) is 8.33. The highest BCUT2D eigenvalue weighted by Crippen LogP contribution is 2.35. The van der Waals surface area contributed by atoms with Crippen LogP contribution in [0.1, 0.15) is 35.2 Å². The van der Waals surface area contributed by atoms with Crippen molar-refractivity contribution < 1.29 is 4.52 Å². The van der Waals surface area contributed by atoms with E-state index < -0.39 is 0 Å². The topological polar surface area (TPSA) is 29.3 Å². The molecule has 0 saturated carbocycles. The van der Waals surface area contributed by atoms with E-state index in [1.807, 2.05) is 24.3 Å². The third-order valence-corrected chi connectivity index (χ3v) is 4.25. The minimum absolute atomic E-state index is 0.576. The van der Waals surface area contributed by atoms with Crippen molar-refractivity contribution in [3.05, 3.63) is 39.9 Å². The van der Waals surface area contributed by atoms with E-state index in [0.29, 0.717) is 6.04 Å². The molecule has 0 radical (unpaired) electrons. The molecule has 1 atom stereocenters. The molecule has 2 aromatic rings. The van der Waals surface area contributed by atoms with Gasteiger partial charge in [0.1, 0.15) is 5.76 Å². The van der Waals surface area contributed by atoms with Crippen LogP contribution in [0.15, 0.2) is 28.1 Å². The molecule has 3 rings (SSSR count). The van der Waals surface area contributed by atoms with Gasteiger partial charge >= 0.3 is 0 Å². The van der Waals surface area contributed by atoms with E-state index in [1.165, 1.54) is 17.7 Å². The lowest BCUT2D eigenvalue weighted by Gasteiger charge is -2.22. The summed E-state index contributed by atoms with van der Waals surface area (Å²) in [5, 5.41) is 6.24. The van der Waals surface area contributed by atoms with E-state index >= 15 is 0 Å². The molecule has 0 aliphatic carbocycles. The van der Waals surface area contributed by atoms with Gasteiger partial charge in [0.2, 0.25) is 0 Å². The molecule has 1 aliphatic rings. The van der Waals surface area contributed by atoms with Crippen molar-refractivity contribution in [2.75, 3.05) is 6.54 Å². The highest BCUT2D eigenvalue weighted by molar-refractivity contribution is 7.10. The SMILES string of the molecule is Cc1cc(CN2CCC[C@H]2c2cccs2)no1. The Morgan fingerprint density at radius 3 is 3.24 bits per heavy atom. The summed E-state index contributed by atoms with van der Waals surface area (Å²) in [5.41, 5.74) is 1.05. The van der Waals surface area contributed by atoms with E-state index in [4.69, 9.17) is 4.52 Å². The van der Waals surface area contributed by atoms with Crippen LogP contribution in [-0.4, -0.2) is 16.6 Å². The molecule has 0 N–H and O–H groups in total. The largest absolute Gasteiger partial charge is 0.361 e. The number of aromatic nitrogens is 1. The van der Waals surface area contributed by atoms with Gasteiger partial charge in [-0.2, -0.15) is 0 Å². The Hall–Kier alpha value is -1.13. The molecule has 0 aromatic carbocycles. The van der Waals surface area contributed by atoms with Crippen molar-refractivity contribution in [3.8, 4) is 0 Å². The summed E-state index contributed by atoms with van der Waals surface area (Å²) in [7, 11) is 0. The van der Waals surface area contributed by atoms with Gasteiger partial charge in [0, 0.05) is 23.5 Å². The normalized spacial score (nSPS) is 21.1. The lowest BCUT2D eigenvalue weighted by molar-refractivity contribution is 0.243. The summed E-state index contributed by atoms with van der Waals surface area (Å²) >= 11 is 1.85. The molecular weight excluding hydrogens is 232 g/mol. The predicted octanol–water partition coefficient (Wildman–Crippen LogP) is 3.38. The van der Waals surface area contributed by atoms with Crippen molar-refractivity contribution in [2.45, 2.75) is 32.4 Å². The van der Waals surface area contributed by atoms with E-state index in [0.717, 1.165) is 24.5 Å². The van der Waals surface area contributed by atoms with Gasteiger partial charge < -0.3 is 4.52 Å². The van der Waals surface area contributed by atoms with Gasteiger partial charge in [-0.25, -0.2) is 0 Å². The van der Waals surface area contributed by atoms with E-state index in [9.17, 15) is 0 Å². The highest BCUT2D eigenvalue weighted by atomic mass is 32.1. The number of nitrogens with zero attached hydrogens (tertiary/aromatic N) is 2. The molecular formula is C13H16N2OS. The zero-order valence-corrected chi connectivity index (χ0v) is 10.7. The molecule has 1 fully saturated rings. The van der Waals surface area contributed by atoms with Crippen molar-refractivity contribution in [2.24, 2.45) is 0 Å². The van der Waals surface area contributed by atoms with E-state index in [-0.39, 0.29) is 0 Å². The van der Waals surface area contributed by atoms with Crippen LogP contribution in [0, 0.1) is 6.92 Å². The average molecular weight is 248 g/mol. The van der Waals surface area contributed by atoms with Crippen molar-refractivity contribution in [1.82, 2.24) is 10.1 Å². The molecule has 0 unspecified atom stereocenters. The summed E-state index contributed by atoms with van der Waals surface area (Å²) in [4.78, 5) is 3.98. The number of likely N-dealkylation sites (tertiary alicyclic amines) is 1. The lowest BCUT2D eigenvalue weighted by Crippen LogP contribution is -2.22. The second-order valence-corrected chi connectivity index (χ2v) is 5.55. The maximum Gasteiger partial charge on any atom is 0.133 e. The van der Waals surface area contributed by atoms with Crippen molar-refractivity contribution in [3.63, 3.8) is 0 Å².